The SMILES string of the molecule is COC(=O)c1nn(C2CC2)cc1F. The van der Waals surface area contributed by atoms with E-state index in [0.29, 0.717) is 0 Å². The van der Waals surface area contributed by atoms with E-state index in [2.05, 4.69) is 9.84 Å². The quantitative estimate of drug-likeness (QED) is 0.647. The summed E-state index contributed by atoms with van der Waals surface area (Å²) in [5, 5.41) is 3.81. The first kappa shape index (κ1) is 8.22. The van der Waals surface area contributed by atoms with Crippen molar-refractivity contribution in [1.29, 1.82) is 0 Å². The van der Waals surface area contributed by atoms with Crippen LogP contribution in [0.25, 0.3) is 0 Å². The molecule has 1 aromatic rings. The first-order chi connectivity index (χ1) is 6.22. The summed E-state index contributed by atoms with van der Waals surface area (Å²) in [7, 11) is 1.21. The smallest absolute Gasteiger partial charge is 0.361 e. The van der Waals surface area contributed by atoms with Gasteiger partial charge in [0.1, 0.15) is 0 Å². The fourth-order valence-corrected chi connectivity index (χ4v) is 1.13. The number of hydrogen-bond acceptors (Lipinski definition) is 3. The highest BCUT2D eigenvalue weighted by molar-refractivity contribution is 5.87. The lowest BCUT2D eigenvalue weighted by Crippen LogP contribution is -2.05. The van der Waals surface area contributed by atoms with Crippen molar-refractivity contribution in [3.05, 3.63) is 17.7 Å². The molecule has 2 rings (SSSR count). The number of hydrogen-bond donors (Lipinski definition) is 0. The maximum absolute atomic E-state index is 13.1. The third-order valence-electron chi connectivity index (χ3n) is 1.99. The minimum atomic E-state index is -0.725. The van der Waals surface area contributed by atoms with Crippen LogP contribution in [-0.2, 0) is 4.74 Å². The molecular formula is C8H9FN2O2. The summed E-state index contributed by atoms with van der Waals surface area (Å²) in [6.07, 6.45) is 3.24. The molecular weight excluding hydrogens is 175 g/mol. The number of halogens is 1. The molecule has 0 aromatic carbocycles. The maximum Gasteiger partial charge on any atom is 0.361 e. The summed E-state index contributed by atoms with van der Waals surface area (Å²) >= 11 is 0. The van der Waals surface area contributed by atoms with Crippen molar-refractivity contribution >= 4 is 5.97 Å². The molecule has 5 heteroatoms. The van der Waals surface area contributed by atoms with E-state index in [0.717, 1.165) is 12.8 Å². The predicted octanol–water partition coefficient (Wildman–Crippen LogP) is 1.14. The van der Waals surface area contributed by atoms with E-state index >= 15 is 0 Å². The average Bonchev–Trinajstić information content (AvgIpc) is 2.89. The monoisotopic (exact) mass is 184 g/mol. The van der Waals surface area contributed by atoms with E-state index in [1.54, 1.807) is 0 Å². The summed E-state index contributed by atoms with van der Waals surface area (Å²) in [5.74, 6) is -1.34. The fourth-order valence-electron chi connectivity index (χ4n) is 1.13. The minimum absolute atomic E-state index is 0.227. The summed E-state index contributed by atoms with van der Waals surface area (Å²) in [4.78, 5) is 11.0. The Morgan fingerprint density at radius 2 is 2.46 bits per heavy atom. The van der Waals surface area contributed by atoms with Crippen LogP contribution in [0.1, 0.15) is 29.4 Å². The first-order valence-electron chi connectivity index (χ1n) is 4.05. The van der Waals surface area contributed by atoms with Gasteiger partial charge in [0.15, 0.2) is 5.82 Å². The molecule has 70 valence electrons. The Hall–Kier alpha value is -1.39. The number of carbonyl (C=O) groups excluding carboxylic acids is 1. The van der Waals surface area contributed by atoms with Gasteiger partial charge in [-0.25, -0.2) is 9.18 Å². The molecule has 0 bridgehead atoms. The number of rotatable bonds is 2. The molecule has 0 spiro atoms. The van der Waals surface area contributed by atoms with Gasteiger partial charge in [0.25, 0.3) is 0 Å². The van der Waals surface area contributed by atoms with Crippen LogP contribution in [0.5, 0.6) is 0 Å². The second-order valence-corrected chi connectivity index (χ2v) is 3.03. The number of esters is 1. The lowest BCUT2D eigenvalue weighted by Gasteiger charge is -1.94. The van der Waals surface area contributed by atoms with Gasteiger partial charge in [0, 0.05) is 0 Å². The lowest BCUT2D eigenvalue weighted by atomic mass is 10.4. The van der Waals surface area contributed by atoms with Gasteiger partial charge in [-0.05, 0) is 12.8 Å². The molecule has 0 amide bonds. The third kappa shape index (κ3) is 1.41. The van der Waals surface area contributed by atoms with E-state index < -0.39 is 11.8 Å². The second kappa shape index (κ2) is 2.83. The number of ether oxygens (including phenoxy) is 1. The summed E-state index contributed by atoms with van der Waals surface area (Å²) in [6.45, 7) is 0. The van der Waals surface area contributed by atoms with Crippen molar-refractivity contribution in [3.8, 4) is 0 Å². The average molecular weight is 184 g/mol. The zero-order valence-electron chi connectivity index (χ0n) is 7.16. The Kier molecular flexibility index (Phi) is 1.79. The maximum atomic E-state index is 13.1. The van der Waals surface area contributed by atoms with E-state index in [9.17, 15) is 9.18 Å². The van der Waals surface area contributed by atoms with Crippen LogP contribution in [0, 0.1) is 5.82 Å². The Morgan fingerprint density at radius 1 is 1.77 bits per heavy atom. The first-order valence-corrected chi connectivity index (χ1v) is 4.05. The van der Waals surface area contributed by atoms with Crippen LogP contribution < -0.4 is 0 Å². The molecule has 0 radical (unpaired) electrons. The van der Waals surface area contributed by atoms with Crippen molar-refractivity contribution in [2.45, 2.75) is 18.9 Å². The zero-order chi connectivity index (χ0) is 9.42. The van der Waals surface area contributed by atoms with Gasteiger partial charge in [-0.3, -0.25) is 4.68 Å². The highest BCUT2D eigenvalue weighted by Crippen LogP contribution is 2.34. The van der Waals surface area contributed by atoms with E-state index in [-0.39, 0.29) is 11.7 Å². The Bertz CT molecular complexity index is 344. The van der Waals surface area contributed by atoms with Crippen LogP contribution in [0.2, 0.25) is 0 Å². The number of nitrogens with zero attached hydrogens (tertiary/aromatic N) is 2. The number of aromatic nitrogens is 2. The lowest BCUT2D eigenvalue weighted by molar-refractivity contribution is 0.0588. The van der Waals surface area contributed by atoms with Crippen molar-refractivity contribution in [2.24, 2.45) is 0 Å². The second-order valence-electron chi connectivity index (χ2n) is 3.03. The molecule has 4 nitrogen and oxygen atoms in total. The molecule has 0 N–H and O–H groups in total. The van der Waals surface area contributed by atoms with E-state index in [1.807, 2.05) is 0 Å². The fraction of sp³-hybridized carbons (Fsp3) is 0.500. The van der Waals surface area contributed by atoms with Crippen LogP contribution in [0.15, 0.2) is 6.20 Å². The van der Waals surface area contributed by atoms with Gasteiger partial charge in [0.05, 0.1) is 19.3 Å². The van der Waals surface area contributed by atoms with Gasteiger partial charge in [-0.2, -0.15) is 5.10 Å². The van der Waals surface area contributed by atoms with Gasteiger partial charge in [0.2, 0.25) is 5.69 Å². The molecule has 0 unspecified atom stereocenters. The molecule has 1 fully saturated rings. The molecule has 1 saturated carbocycles. The topological polar surface area (TPSA) is 44.1 Å². The van der Waals surface area contributed by atoms with Crippen LogP contribution in [0.4, 0.5) is 4.39 Å². The van der Waals surface area contributed by atoms with E-state index in [1.165, 1.54) is 18.0 Å². The molecule has 0 saturated heterocycles. The molecule has 0 atom stereocenters. The predicted molar refractivity (Wildman–Crippen MR) is 41.8 cm³/mol. The highest BCUT2D eigenvalue weighted by Gasteiger charge is 2.27. The van der Waals surface area contributed by atoms with Crippen molar-refractivity contribution < 1.29 is 13.9 Å². The molecule has 1 heterocycles. The van der Waals surface area contributed by atoms with Crippen LogP contribution in [0.3, 0.4) is 0 Å². The highest BCUT2D eigenvalue weighted by atomic mass is 19.1. The molecule has 13 heavy (non-hydrogen) atoms. The molecule has 1 aliphatic carbocycles. The normalized spacial score (nSPS) is 15.8. The molecule has 0 aliphatic heterocycles. The van der Waals surface area contributed by atoms with Crippen molar-refractivity contribution in [3.63, 3.8) is 0 Å². The summed E-state index contributed by atoms with van der Waals surface area (Å²) < 4.78 is 18.9. The van der Waals surface area contributed by atoms with Gasteiger partial charge in [-0.15, -0.1) is 0 Å². The third-order valence-corrected chi connectivity index (χ3v) is 1.99. The zero-order valence-corrected chi connectivity index (χ0v) is 7.16. The molecule has 1 aliphatic rings. The standard InChI is InChI=1S/C8H9FN2O2/c1-13-8(12)7-6(9)4-11(10-7)5-2-3-5/h4-5H,2-3H2,1H3. The number of carbonyl (C=O) groups is 1. The Balaban J connectivity index is 2.29. The van der Waals surface area contributed by atoms with Crippen molar-refractivity contribution in [1.82, 2.24) is 9.78 Å². The van der Waals surface area contributed by atoms with Crippen molar-refractivity contribution in [2.75, 3.05) is 7.11 Å². The van der Waals surface area contributed by atoms with E-state index in [4.69, 9.17) is 0 Å². The molecule has 1 aromatic heterocycles. The minimum Gasteiger partial charge on any atom is -0.464 e. The largest absolute Gasteiger partial charge is 0.464 e. The van der Waals surface area contributed by atoms with Gasteiger partial charge in [-0.1, -0.05) is 0 Å². The Labute approximate surface area is 74.3 Å². The van der Waals surface area contributed by atoms with Gasteiger partial charge >= 0.3 is 5.97 Å². The summed E-state index contributed by atoms with van der Waals surface area (Å²) in [6, 6.07) is 0.271. The van der Waals surface area contributed by atoms with Crippen LogP contribution in [-0.4, -0.2) is 22.9 Å². The van der Waals surface area contributed by atoms with Crippen LogP contribution >= 0.6 is 0 Å². The number of methoxy groups -OCH3 is 1. The Morgan fingerprint density at radius 3 is 3.00 bits per heavy atom. The summed E-state index contributed by atoms with van der Waals surface area (Å²) in [5.41, 5.74) is -0.227. The van der Waals surface area contributed by atoms with Gasteiger partial charge < -0.3 is 4.74 Å².